The number of anilines is 1. The molecule has 2 atom stereocenters. The first-order valence-electron chi connectivity index (χ1n) is 9.22. The number of rotatable bonds is 3. The van der Waals surface area contributed by atoms with Crippen molar-refractivity contribution in [2.45, 2.75) is 29.8 Å². The van der Waals surface area contributed by atoms with Gasteiger partial charge < -0.3 is 14.5 Å². The van der Waals surface area contributed by atoms with Gasteiger partial charge in [0, 0.05) is 50.4 Å². The summed E-state index contributed by atoms with van der Waals surface area (Å²) in [5.41, 5.74) is 1.76. The summed E-state index contributed by atoms with van der Waals surface area (Å²) in [5.74, 6) is 1.58. The summed E-state index contributed by atoms with van der Waals surface area (Å²) in [7, 11) is -3.11. The van der Waals surface area contributed by atoms with Crippen LogP contribution in [0.5, 0.6) is 0 Å². The highest BCUT2D eigenvalue weighted by atomic mass is 32.2. The van der Waals surface area contributed by atoms with E-state index in [1.807, 2.05) is 0 Å². The standard InChI is InChI=1S/C17H24N4O3S/c22-25(23)11-13-7-18-17(21-3-5-24-6-4-21)19-16(13)14-9-20(10-15(14)25)8-12-1-2-12/h7,12,14-15H,1-6,8-11H2/t14-,15+/m0/s1. The highest BCUT2D eigenvalue weighted by Crippen LogP contribution is 2.41. The Bertz CT molecular complexity index is 774. The van der Waals surface area contributed by atoms with Crippen LogP contribution in [-0.4, -0.2) is 74.5 Å². The Balaban J connectivity index is 1.47. The molecule has 136 valence electrons. The molecule has 7 nitrogen and oxygen atoms in total. The molecule has 0 aromatic carbocycles. The number of aromatic nitrogens is 2. The number of nitrogens with zero attached hydrogens (tertiary/aromatic N) is 4. The molecular formula is C17H24N4O3S. The summed E-state index contributed by atoms with van der Waals surface area (Å²) < 4.78 is 30.9. The number of fused-ring (bicyclic) bond motifs is 3. The molecule has 0 N–H and O–H groups in total. The molecule has 1 aromatic heterocycles. The van der Waals surface area contributed by atoms with Gasteiger partial charge in [0.2, 0.25) is 5.95 Å². The van der Waals surface area contributed by atoms with Crippen molar-refractivity contribution in [1.82, 2.24) is 14.9 Å². The van der Waals surface area contributed by atoms with Crippen molar-refractivity contribution in [1.29, 1.82) is 0 Å². The lowest BCUT2D eigenvalue weighted by Gasteiger charge is -2.30. The van der Waals surface area contributed by atoms with Gasteiger partial charge in [-0.3, -0.25) is 0 Å². The second-order valence-corrected chi connectivity index (χ2v) is 10.0. The average Bonchev–Trinajstić information content (AvgIpc) is 3.31. The third kappa shape index (κ3) is 2.94. The van der Waals surface area contributed by atoms with Crippen LogP contribution in [0.2, 0.25) is 0 Å². The third-order valence-electron chi connectivity index (χ3n) is 5.90. The zero-order valence-electron chi connectivity index (χ0n) is 14.3. The summed E-state index contributed by atoms with van der Waals surface area (Å²) >= 11 is 0. The molecule has 1 saturated carbocycles. The van der Waals surface area contributed by atoms with Crippen LogP contribution >= 0.6 is 0 Å². The van der Waals surface area contributed by atoms with E-state index in [1.54, 1.807) is 6.20 Å². The smallest absolute Gasteiger partial charge is 0.225 e. The minimum atomic E-state index is -3.11. The summed E-state index contributed by atoms with van der Waals surface area (Å²) in [6.45, 7) is 5.48. The Labute approximate surface area is 148 Å². The molecule has 3 aliphatic heterocycles. The molecule has 1 aliphatic carbocycles. The monoisotopic (exact) mass is 364 g/mol. The number of morpholine rings is 1. The van der Waals surface area contributed by atoms with Crippen LogP contribution in [0.3, 0.4) is 0 Å². The van der Waals surface area contributed by atoms with E-state index in [-0.39, 0.29) is 16.9 Å². The van der Waals surface area contributed by atoms with Crippen LogP contribution in [0.1, 0.15) is 30.0 Å². The summed E-state index contributed by atoms with van der Waals surface area (Å²) in [6.07, 6.45) is 4.32. The van der Waals surface area contributed by atoms with Gasteiger partial charge in [-0.15, -0.1) is 0 Å². The lowest BCUT2D eigenvalue weighted by molar-refractivity contribution is 0.122. The van der Waals surface area contributed by atoms with Gasteiger partial charge in [0.05, 0.1) is 29.9 Å². The number of sulfone groups is 1. The Morgan fingerprint density at radius 1 is 1.20 bits per heavy atom. The fraction of sp³-hybridized carbons (Fsp3) is 0.765. The van der Waals surface area contributed by atoms with Crippen LogP contribution in [0.4, 0.5) is 5.95 Å². The van der Waals surface area contributed by atoms with Crippen LogP contribution in [-0.2, 0) is 20.3 Å². The van der Waals surface area contributed by atoms with E-state index in [0.717, 1.165) is 49.3 Å². The van der Waals surface area contributed by atoms with Gasteiger partial charge in [-0.2, -0.15) is 0 Å². The van der Waals surface area contributed by atoms with Gasteiger partial charge in [0.15, 0.2) is 9.84 Å². The molecule has 4 aliphatic rings. The largest absolute Gasteiger partial charge is 0.378 e. The van der Waals surface area contributed by atoms with Gasteiger partial charge in [0.25, 0.3) is 0 Å². The molecule has 3 fully saturated rings. The minimum absolute atomic E-state index is 0.00436. The molecular weight excluding hydrogens is 340 g/mol. The van der Waals surface area contributed by atoms with Crippen LogP contribution in [0.25, 0.3) is 0 Å². The van der Waals surface area contributed by atoms with E-state index in [9.17, 15) is 8.42 Å². The molecule has 0 bridgehead atoms. The number of likely N-dealkylation sites (tertiary alicyclic amines) is 1. The van der Waals surface area contributed by atoms with Crippen molar-refractivity contribution in [3.63, 3.8) is 0 Å². The quantitative estimate of drug-likeness (QED) is 0.769. The van der Waals surface area contributed by atoms with Crippen molar-refractivity contribution in [3.8, 4) is 0 Å². The highest BCUT2D eigenvalue weighted by molar-refractivity contribution is 7.91. The Morgan fingerprint density at radius 2 is 2.00 bits per heavy atom. The molecule has 0 radical (unpaired) electrons. The SMILES string of the molecule is O=S1(=O)Cc2cnc(N3CCOCC3)nc2[C@H]2CN(CC3CC3)C[C@H]21. The maximum absolute atomic E-state index is 12.8. The van der Waals surface area contributed by atoms with Gasteiger partial charge >= 0.3 is 0 Å². The Hall–Kier alpha value is -1.25. The second kappa shape index (κ2) is 5.89. The van der Waals surface area contributed by atoms with E-state index < -0.39 is 9.84 Å². The average molecular weight is 364 g/mol. The first-order chi connectivity index (χ1) is 12.1. The Kier molecular flexibility index (Phi) is 3.76. The first kappa shape index (κ1) is 16.0. The van der Waals surface area contributed by atoms with Gasteiger partial charge in [-0.05, 0) is 18.8 Å². The molecule has 0 spiro atoms. The maximum Gasteiger partial charge on any atom is 0.225 e. The van der Waals surface area contributed by atoms with Crippen molar-refractivity contribution < 1.29 is 13.2 Å². The minimum Gasteiger partial charge on any atom is -0.378 e. The second-order valence-electron chi connectivity index (χ2n) is 7.79. The number of hydrogen-bond donors (Lipinski definition) is 0. The van der Waals surface area contributed by atoms with Crippen LogP contribution in [0, 0.1) is 5.92 Å². The molecule has 25 heavy (non-hydrogen) atoms. The van der Waals surface area contributed by atoms with E-state index in [2.05, 4.69) is 14.8 Å². The summed E-state index contributed by atoms with van der Waals surface area (Å²) in [5, 5.41) is -0.300. The van der Waals surface area contributed by atoms with E-state index in [0.29, 0.717) is 19.8 Å². The highest BCUT2D eigenvalue weighted by Gasteiger charge is 2.48. The fourth-order valence-corrected chi connectivity index (χ4v) is 6.40. The first-order valence-corrected chi connectivity index (χ1v) is 10.9. The fourth-order valence-electron chi connectivity index (χ4n) is 4.37. The number of hydrogen-bond acceptors (Lipinski definition) is 7. The topological polar surface area (TPSA) is 75.6 Å². The lowest BCUT2D eigenvalue weighted by Crippen LogP contribution is -2.39. The van der Waals surface area contributed by atoms with E-state index >= 15 is 0 Å². The predicted molar refractivity (Wildman–Crippen MR) is 93.4 cm³/mol. The third-order valence-corrected chi connectivity index (χ3v) is 8.02. The van der Waals surface area contributed by atoms with Crippen molar-refractivity contribution in [2.24, 2.45) is 5.92 Å². The normalized spacial score (nSPS) is 31.6. The van der Waals surface area contributed by atoms with Gasteiger partial charge in [0.1, 0.15) is 0 Å². The molecule has 0 unspecified atom stereocenters. The zero-order valence-corrected chi connectivity index (χ0v) is 15.1. The predicted octanol–water partition coefficient (Wildman–Crippen LogP) is 0.419. The molecule has 5 rings (SSSR count). The van der Waals surface area contributed by atoms with Gasteiger partial charge in [-0.25, -0.2) is 18.4 Å². The molecule has 2 saturated heterocycles. The summed E-state index contributed by atoms with van der Waals surface area (Å²) in [6, 6.07) is 0. The lowest BCUT2D eigenvalue weighted by atomic mass is 10.00. The molecule has 8 heteroatoms. The van der Waals surface area contributed by atoms with Crippen molar-refractivity contribution in [3.05, 3.63) is 17.5 Å². The van der Waals surface area contributed by atoms with Crippen LogP contribution < -0.4 is 4.90 Å². The molecule has 1 aromatic rings. The van der Waals surface area contributed by atoms with E-state index in [4.69, 9.17) is 9.72 Å². The molecule has 0 amide bonds. The van der Waals surface area contributed by atoms with Crippen molar-refractivity contribution in [2.75, 3.05) is 50.8 Å². The van der Waals surface area contributed by atoms with E-state index in [1.165, 1.54) is 12.8 Å². The van der Waals surface area contributed by atoms with Gasteiger partial charge in [-0.1, -0.05) is 0 Å². The maximum atomic E-state index is 12.8. The zero-order chi connectivity index (χ0) is 17.0. The molecule has 4 heterocycles. The van der Waals surface area contributed by atoms with Crippen LogP contribution in [0.15, 0.2) is 6.20 Å². The summed E-state index contributed by atoms with van der Waals surface area (Å²) in [4.78, 5) is 13.8. The Morgan fingerprint density at radius 3 is 2.76 bits per heavy atom. The van der Waals surface area contributed by atoms with Crippen molar-refractivity contribution >= 4 is 15.8 Å². The number of ether oxygens (including phenoxy) is 1.